The summed E-state index contributed by atoms with van der Waals surface area (Å²) in [7, 11) is 0. The maximum Gasteiger partial charge on any atom is 0.0413 e. The number of anilines is 1. The molecule has 0 spiro atoms. The van der Waals surface area contributed by atoms with Crippen LogP contribution in [0, 0.1) is 5.92 Å². The van der Waals surface area contributed by atoms with Crippen molar-refractivity contribution in [2.45, 2.75) is 20.4 Å². The van der Waals surface area contributed by atoms with Gasteiger partial charge in [0.05, 0.1) is 0 Å². The van der Waals surface area contributed by atoms with Crippen molar-refractivity contribution in [2.75, 3.05) is 37.6 Å². The first-order valence-corrected chi connectivity index (χ1v) is 7.85. The van der Waals surface area contributed by atoms with Crippen molar-refractivity contribution in [3.63, 3.8) is 0 Å². The van der Waals surface area contributed by atoms with Gasteiger partial charge in [-0.05, 0) is 29.7 Å². The van der Waals surface area contributed by atoms with Gasteiger partial charge in [0.1, 0.15) is 0 Å². The number of rotatable bonds is 4. The van der Waals surface area contributed by atoms with Crippen molar-refractivity contribution in [1.29, 1.82) is 0 Å². The Morgan fingerprint density at radius 2 is 1.89 bits per heavy atom. The van der Waals surface area contributed by atoms with Crippen LogP contribution in [0.4, 0.5) is 5.69 Å². The van der Waals surface area contributed by atoms with Gasteiger partial charge in [-0.15, -0.1) is 0 Å². The van der Waals surface area contributed by atoms with Gasteiger partial charge in [-0.1, -0.05) is 29.8 Å². The Labute approximate surface area is 124 Å². The molecule has 0 unspecified atom stereocenters. The fourth-order valence-electron chi connectivity index (χ4n) is 2.71. The van der Waals surface area contributed by atoms with Crippen molar-refractivity contribution >= 4 is 21.6 Å². The van der Waals surface area contributed by atoms with Crippen LogP contribution in [-0.2, 0) is 6.54 Å². The number of halogens is 1. The van der Waals surface area contributed by atoms with Crippen LogP contribution >= 0.6 is 15.9 Å². The van der Waals surface area contributed by atoms with Gasteiger partial charge in [0.2, 0.25) is 0 Å². The summed E-state index contributed by atoms with van der Waals surface area (Å²) in [6.07, 6.45) is 0. The summed E-state index contributed by atoms with van der Waals surface area (Å²) in [5.74, 6) is 0.749. The smallest absolute Gasteiger partial charge is 0.0413 e. The van der Waals surface area contributed by atoms with Crippen molar-refractivity contribution in [2.24, 2.45) is 11.7 Å². The number of benzene rings is 1. The Kier molecular flexibility index (Phi) is 5.25. The van der Waals surface area contributed by atoms with E-state index in [9.17, 15) is 0 Å². The average Bonchev–Trinajstić information content (AvgIpc) is 2.39. The third-order valence-electron chi connectivity index (χ3n) is 3.60. The summed E-state index contributed by atoms with van der Waals surface area (Å²) < 4.78 is 1.11. The molecule has 3 nitrogen and oxygen atoms in total. The number of piperazine rings is 1. The van der Waals surface area contributed by atoms with E-state index in [1.165, 1.54) is 17.8 Å². The molecule has 106 valence electrons. The van der Waals surface area contributed by atoms with E-state index < -0.39 is 0 Å². The van der Waals surface area contributed by atoms with Gasteiger partial charge in [-0.2, -0.15) is 0 Å². The van der Waals surface area contributed by atoms with E-state index in [0.29, 0.717) is 6.54 Å². The lowest BCUT2D eigenvalue weighted by molar-refractivity contribution is 0.231. The molecule has 1 aliphatic rings. The fraction of sp³-hybridized carbons (Fsp3) is 0.600. The molecular weight excluding hydrogens is 302 g/mol. The Morgan fingerprint density at radius 1 is 1.21 bits per heavy atom. The third kappa shape index (κ3) is 3.94. The molecule has 0 saturated carbocycles. The molecule has 1 saturated heterocycles. The van der Waals surface area contributed by atoms with Gasteiger partial charge < -0.3 is 10.6 Å². The van der Waals surface area contributed by atoms with Crippen molar-refractivity contribution in [1.82, 2.24) is 4.90 Å². The first kappa shape index (κ1) is 14.8. The number of hydrogen-bond donors (Lipinski definition) is 1. The number of hydrogen-bond acceptors (Lipinski definition) is 3. The predicted octanol–water partition coefficient (Wildman–Crippen LogP) is 2.69. The Hall–Kier alpha value is -0.580. The zero-order valence-electron chi connectivity index (χ0n) is 11.9. The predicted molar refractivity (Wildman–Crippen MR) is 85.5 cm³/mol. The normalized spacial score (nSPS) is 17.2. The molecular formula is C15H24BrN3. The summed E-state index contributed by atoms with van der Waals surface area (Å²) in [4.78, 5) is 5.02. The van der Waals surface area contributed by atoms with Crippen LogP contribution in [0.5, 0.6) is 0 Å². The molecule has 1 aromatic carbocycles. The molecule has 4 heteroatoms. The molecule has 1 heterocycles. The van der Waals surface area contributed by atoms with Crippen LogP contribution in [0.15, 0.2) is 22.7 Å². The first-order valence-electron chi connectivity index (χ1n) is 7.06. The zero-order chi connectivity index (χ0) is 13.8. The van der Waals surface area contributed by atoms with Crippen LogP contribution in [0.25, 0.3) is 0 Å². The van der Waals surface area contributed by atoms with E-state index in [1.807, 2.05) is 0 Å². The molecule has 1 fully saturated rings. The first-order chi connectivity index (χ1) is 9.10. The van der Waals surface area contributed by atoms with Crippen LogP contribution in [0.2, 0.25) is 0 Å². The van der Waals surface area contributed by atoms with E-state index >= 15 is 0 Å². The number of nitrogens with zero attached hydrogens (tertiary/aromatic N) is 2. The highest BCUT2D eigenvalue weighted by Gasteiger charge is 2.19. The second-order valence-electron chi connectivity index (χ2n) is 5.66. The lowest BCUT2D eigenvalue weighted by Gasteiger charge is -2.37. The van der Waals surface area contributed by atoms with Crippen molar-refractivity contribution in [3.8, 4) is 0 Å². The van der Waals surface area contributed by atoms with Gasteiger partial charge in [0.25, 0.3) is 0 Å². The SMILES string of the molecule is CC(C)CN1CCN(c2ccc(Br)cc2CN)CC1. The summed E-state index contributed by atoms with van der Waals surface area (Å²) >= 11 is 3.52. The van der Waals surface area contributed by atoms with E-state index in [2.05, 4.69) is 57.8 Å². The minimum atomic E-state index is 0.598. The summed E-state index contributed by atoms with van der Waals surface area (Å²) in [5.41, 5.74) is 8.39. The number of nitrogens with two attached hydrogens (primary N) is 1. The highest BCUT2D eigenvalue weighted by Crippen LogP contribution is 2.25. The Morgan fingerprint density at radius 3 is 2.47 bits per heavy atom. The van der Waals surface area contributed by atoms with E-state index in [1.54, 1.807) is 0 Å². The lowest BCUT2D eigenvalue weighted by Crippen LogP contribution is -2.47. The lowest BCUT2D eigenvalue weighted by atomic mass is 10.1. The summed E-state index contributed by atoms with van der Waals surface area (Å²) in [6.45, 7) is 10.9. The summed E-state index contributed by atoms with van der Waals surface area (Å²) in [6, 6.07) is 6.43. The second-order valence-corrected chi connectivity index (χ2v) is 6.57. The highest BCUT2D eigenvalue weighted by atomic mass is 79.9. The summed E-state index contributed by atoms with van der Waals surface area (Å²) in [5, 5.41) is 0. The molecule has 1 aromatic rings. The van der Waals surface area contributed by atoms with Gasteiger partial charge in [-0.3, -0.25) is 4.90 Å². The maximum atomic E-state index is 5.86. The molecule has 0 aromatic heterocycles. The van der Waals surface area contributed by atoms with Crippen molar-refractivity contribution in [3.05, 3.63) is 28.2 Å². The van der Waals surface area contributed by atoms with Gasteiger partial charge in [0, 0.05) is 49.4 Å². The molecule has 1 aliphatic heterocycles. The third-order valence-corrected chi connectivity index (χ3v) is 4.09. The van der Waals surface area contributed by atoms with Crippen LogP contribution in [0.1, 0.15) is 19.4 Å². The van der Waals surface area contributed by atoms with Crippen molar-refractivity contribution < 1.29 is 0 Å². The van der Waals surface area contributed by atoms with Gasteiger partial charge in [0.15, 0.2) is 0 Å². The zero-order valence-corrected chi connectivity index (χ0v) is 13.5. The Balaban J connectivity index is 2.01. The maximum absolute atomic E-state index is 5.86. The monoisotopic (exact) mass is 325 g/mol. The largest absolute Gasteiger partial charge is 0.369 e. The molecule has 0 atom stereocenters. The molecule has 0 amide bonds. The molecule has 2 N–H and O–H groups in total. The second kappa shape index (κ2) is 6.73. The highest BCUT2D eigenvalue weighted by molar-refractivity contribution is 9.10. The quantitative estimate of drug-likeness (QED) is 0.923. The van der Waals surface area contributed by atoms with E-state index in [4.69, 9.17) is 5.73 Å². The fourth-order valence-corrected chi connectivity index (χ4v) is 3.12. The van der Waals surface area contributed by atoms with Gasteiger partial charge >= 0.3 is 0 Å². The van der Waals surface area contributed by atoms with E-state index in [-0.39, 0.29) is 0 Å². The van der Waals surface area contributed by atoms with Crippen LogP contribution < -0.4 is 10.6 Å². The topological polar surface area (TPSA) is 32.5 Å². The van der Waals surface area contributed by atoms with E-state index in [0.717, 1.165) is 36.6 Å². The van der Waals surface area contributed by atoms with Gasteiger partial charge in [-0.25, -0.2) is 0 Å². The Bertz CT molecular complexity index is 412. The van der Waals surface area contributed by atoms with Crippen LogP contribution in [0.3, 0.4) is 0 Å². The minimum Gasteiger partial charge on any atom is -0.369 e. The molecule has 0 aliphatic carbocycles. The molecule has 2 rings (SSSR count). The standard InChI is InChI=1S/C15H24BrN3/c1-12(2)11-18-5-7-19(8-6-18)15-4-3-14(16)9-13(15)10-17/h3-4,9,12H,5-8,10-11,17H2,1-2H3. The molecule has 0 radical (unpaired) electrons. The molecule has 19 heavy (non-hydrogen) atoms. The average molecular weight is 326 g/mol. The van der Waals surface area contributed by atoms with Crippen LogP contribution in [-0.4, -0.2) is 37.6 Å². The minimum absolute atomic E-state index is 0.598. The molecule has 0 bridgehead atoms.